The van der Waals surface area contributed by atoms with E-state index in [0.717, 1.165) is 42.5 Å². The van der Waals surface area contributed by atoms with Gasteiger partial charge < -0.3 is 9.47 Å². The molecule has 0 aliphatic heterocycles. The van der Waals surface area contributed by atoms with E-state index in [0.29, 0.717) is 18.3 Å². The molecular formula is C25H27F5O2. The van der Waals surface area contributed by atoms with E-state index in [9.17, 15) is 22.0 Å². The summed E-state index contributed by atoms with van der Waals surface area (Å²) < 4.78 is 76.8. The molecule has 0 bridgehead atoms. The van der Waals surface area contributed by atoms with E-state index in [1.54, 1.807) is 12.1 Å². The van der Waals surface area contributed by atoms with Gasteiger partial charge in [0.2, 0.25) is 0 Å². The van der Waals surface area contributed by atoms with E-state index >= 15 is 0 Å². The molecule has 0 spiro atoms. The quantitative estimate of drug-likeness (QED) is 0.281. The number of alkyl halides is 4. The maximum Gasteiger partial charge on any atom is 0.426 e. The summed E-state index contributed by atoms with van der Waals surface area (Å²) in [5.41, 5.74) is 0.713. The van der Waals surface area contributed by atoms with Gasteiger partial charge in [0.15, 0.2) is 11.6 Å². The first-order chi connectivity index (χ1) is 15.3. The SMILES string of the molecule is CCCC1CCC(c2ccc(C(F)(F)Oc3ccc(O/C=C/C(F)F)c(F)c3)cc2)CC1. The van der Waals surface area contributed by atoms with Crippen molar-refractivity contribution in [2.75, 3.05) is 0 Å². The van der Waals surface area contributed by atoms with Gasteiger partial charge >= 0.3 is 6.11 Å². The third-order valence-corrected chi connectivity index (χ3v) is 5.83. The average molecular weight is 454 g/mol. The first kappa shape index (κ1) is 24.1. The highest BCUT2D eigenvalue weighted by molar-refractivity contribution is 5.35. The largest absolute Gasteiger partial charge is 0.462 e. The van der Waals surface area contributed by atoms with Crippen molar-refractivity contribution < 1.29 is 31.4 Å². The van der Waals surface area contributed by atoms with Crippen molar-refractivity contribution in [3.8, 4) is 11.5 Å². The number of rotatable bonds is 9. The summed E-state index contributed by atoms with van der Waals surface area (Å²) >= 11 is 0. The third-order valence-electron chi connectivity index (χ3n) is 5.83. The lowest BCUT2D eigenvalue weighted by Gasteiger charge is -2.29. The van der Waals surface area contributed by atoms with Gasteiger partial charge in [-0.15, -0.1) is 0 Å². The van der Waals surface area contributed by atoms with Crippen molar-refractivity contribution in [2.45, 2.75) is 63.9 Å². The molecule has 0 radical (unpaired) electrons. The van der Waals surface area contributed by atoms with E-state index in [1.165, 1.54) is 37.8 Å². The Morgan fingerprint density at radius 2 is 1.72 bits per heavy atom. The summed E-state index contributed by atoms with van der Waals surface area (Å²) in [5, 5.41) is 0. The Labute approximate surface area is 185 Å². The van der Waals surface area contributed by atoms with Crippen LogP contribution in [0.3, 0.4) is 0 Å². The Kier molecular flexibility index (Phi) is 8.15. The van der Waals surface area contributed by atoms with Gasteiger partial charge in [-0.25, -0.2) is 13.2 Å². The summed E-state index contributed by atoms with van der Waals surface area (Å²) in [6.07, 6.45) is 1.56. The van der Waals surface area contributed by atoms with Gasteiger partial charge in [0.05, 0.1) is 11.8 Å². The summed E-state index contributed by atoms with van der Waals surface area (Å²) in [4.78, 5) is 0. The van der Waals surface area contributed by atoms with Crippen molar-refractivity contribution in [2.24, 2.45) is 5.92 Å². The van der Waals surface area contributed by atoms with Gasteiger partial charge in [0.1, 0.15) is 5.75 Å². The van der Waals surface area contributed by atoms with Gasteiger partial charge in [-0.2, -0.15) is 8.78 Å². The van der Waals surface area contributed by atoms with Gasteiger partial charge in [-0.3, -0.25) is 0 Å². The average Bonchev–Trinajstić information content (AvgIpc) is 2.76. The molecule has 0 aromatic heterocycles. The Hall–Kier alpha value is -2.57. The zero-order valence-electron chi connectivity index (χ0n) is 17.9. The van der Waals surface area contributed by atoms with Crippen LogP contribution in [0.4, 0.5) is 22.0 Å². The highest BCUT2D eigenvalue weighted by Gasteiger charge is 2.35. The van der Waals surface area contributed by atoms with E-state index in [4.69, 9.17) is 9.47 Å². The van der Waals surface area contributed by atoms with Crippen LogP contribution in [0.25, 0.3) is 0 Å². The van der Waals surface area contributed by atoms with E-state index in [-0.39, 0.29) is 11.3 Å². The maximum absolute atomic E-state index is 14.6. The summed E-state index contributed by atoms with van der Waals surface area (Å²) in [5.74, 6) is -0.643. The Balaban J connectivity index is 1.62. The predicted molar refractivity (Wildman–Crippen MR) is 113 cm³/mol. The smallest absolute Gasteiger partial charge is 0.426 e. The predicted octanol–water partition coefficient (Wildman–Crippen LogP) is 8.19. The highest BCUT2D eigenvalue weighted by Crippen LogP contribution is 2.39. The van der Waals surface area contributed by atoms with Crippen LogP contribution >= 0.6 is 0 Å². The molecule has 3 rings (SSSR count). The number of hydrogen-bond donors (Lipinski definition) is 0. The molecular weight excluding hydrogens is 427 g/mol. The van der Waals surface area contributed by atoms with Gasteiger partial charge in [0.25, 0.3) is 6.43 Å². The molecule has 0 unspecified atom stereocenters. The number of allylic oxidation sites excluding steroid dienone is 1. The van der Waals surface area contributed by atoms with Crippen LogP contribution in [0.2, 0.25) is 0 Å². The summed E-state index contributed by atoms with van der Waals surface area (Å²) in [6, 6.07) is 8.96. The Bertz CT molecular complexity index is 888. The Morgan fingerprint density at radius 3 is 2.31 bits per heavy atom. The molecule has 0 N–H and O–H groups in total. The summed E-state index contributed by atoms with van der Waals surface area (Å²) in [6.45, 7) is 2.19. The number of benzene rings is 2. The molecule has 32 heavy (non-hydrogen) atoms. The van der Waals surface area contributed by atoms with Gasteiger partial charge in [-0.05, 0) is 67.3 Å². The monoisotopic (exact) mass is 454 g/mol. The van der Waals surface area contributed by atoms with Gasteiger partial charge in [-0.1, -0.05) is 31.9 Å². The Morgan fingerprint density at radius 1 is 1.03 bits per heavy atom. The molecule has 0 heterocycles. The van der Waals surface area contributed by atoms with Crippen LogP contribution in [0.1, 0.15) is 62.5 Å². The molecule has 1 saturated carbocycles. The molecule has 0 amide bonds. The number of halogens is 5. The van der Waals surface area contributed by atoms with Crippen LogP contribution in [-0.4, -0.2) is 6.43 Å². The molecule has 0 saturated heterocycles. The second-order valence-corrected chi connectivity index (χ2v) is 8.12. The van der Waals surface area contributed by atoms with Crippen LogP contribution in [0, 0.1) is 11.7 Å². The van der Waals surface area contributed by atoms with Crippen molar-refractivity contribution in [1.82, 2.24) is 0 Å². The standard InChI is InChI=1S/C25H27F5O2/c1-2-3-17-4-6-18(7-5-17)19-8-10-20(11-9-19)25(29,30)32-21-12-13-23(22(26)16-21)31-15-14-24(27)28/h8-18,24H,2-7H2,1H3/b15-14+. The van der Waals surface area contributed by atoms with E-state index in [1.807, 2.05) is 0 Å². The minimum Gasteiger partial charge on any atom is -0.462 e. The molecule has 174 valence electrons. The molecule has 1 aliphatic rings. The fraction of sp³-hybridized carbons (Fsp3) is 0.440. The normalized spacial score (nSPS) is 19.5. The van der Waals surface area contributed by atoms with Gasteiger partial charge in [0, 0.05) is 12.1 Å². The molecule has 1 aliphatic carbocycles. The molecule has 2 nitrogen and oxygen atoms in total. The van der Waals surface area contributed by atoms with E-state index < -0.39 is 24.1 Å². The molecule has 2 aromatic rings. The number of hydrogen-bond acceptors (Lipinski definition) is 2. The minimum absolute atomic E-state index is 0.332. The first-order valence-electron chi connectivity index (χ1n) is 10.9. The molecule has 7 heteroatoms. The van der Waals surface area contributed by atoms with Crippen molar-refractivity contribution in [3.05, 3.63) is 71.7 Å². The van der Waals surface area contributed by atoms with Crippen molar-refractivity contribution >= 4 is 0 Å². The zero-order valence-corrected chi connectivity index (χ0v) is 17.9. The molecule has 1 fully saturated rings. The lowest BCUT2D eigenvalue weighted by molar-refractivity contribution is -0.185. The first-order valence-corrected chi connectivity index (χ1v) is 10.9. The number of ether oxygens (including phenoxy) is 2. The van der Waals surface area contributed by atoms with Crippen LogP contribution in [-0.2, 0) is 6.11 Å². The lowest BCUT2D eigenvalue weighted by Crippen LogP contribution is -2.22. The minimum atomic E-state index is -3.66. The second kappa shape index (κ2) is 10.8. The second-order valence-electron chi connectivity index (χ2n) is 8.12. The van der Waals surface area contributed by atoms with Crippen LogP contribution in [0.15, 0.2) is 54.8 Å². The van der Waals surface area contributed by atoms with Crippen molar-refractivity contribution in [1.29, 1.82) is 0 Å². The third kappa shape index (κ3) is 6.47. The topological polar surface area (TPSA) is 18.5 Å². The van der Waals surface area contributed by atoms with Crippen LogP contribution in [0.5, 0.6) is 11.5 Å². The fourth-order valence-corrected chi connectivity index (χ4v) is 4.16. The lowest BCUT2D eigenvalue weighted by atomic mass is 9.77. The molecule has 2 aromatic carbocycles. The fourth-order valence-electron chi connectivity index (χ4n) is 4.16. The summed E-state index contributed by atoms with van der Waals surface area (Å²) in [7, 11) is 0. The highest BCUT2D eigenvalue weighted by atomic mass is 19.3. The maximum atomic E-state index is 14.6. The zero-order chi connectivity index (χ0) is 23.1. The van der Waals surface area contributed by atoms with Crippen molar-refractivity contribution in [3.63, 3.8) is 0 Å². The van der Waals surface area contributed by atoms with E-state index in [2.05, 4.69) is 6.92 Å². The molecule has 0 atom stereocenters. The van der Waals surface area contributed by atoms with Crippen LogP contribution < -0.4 is 9.47 Å².